The van der Waals surface area contributed by atoms with Crippen LogP contribution in [-0.2, 0) is 20.8 Å². The number of hydrogen-bond acceptors (Lipinski definition) is 10. The van der Waals surface area contributed by atoms with Crippen LogP contribution < -0.4 is 31.7 Å². The molecular formula is C41H42FN5O7. The molecule has 0 radical (unpaired) electrons. The summed E-state index contributed by atoms with van der Waals surface area (Å²) in [5.41, 5.74) is 16.3. The van der Waals surface area contributed by atoms with E-state index in [0.29, 0.717) is 93.2 Å². The second kappa shape index (κ2) is 16.2. The Morgan fingerprint density at radius 1 is 0.907 bits per heavy atom. The molecule has 1 atom stereocenters. The Labute approximate surface area is 311 Å². The van der Waals surface area contributed by atoms with Crippen molar-refractivity contribution >= 4 is 17.4 Å². The first kappa shape index (κ1) is 36.7. The van der Waals surface area contributed by atoms with E-state index in [-0.39, 0.29) is 17.2 Å². The molecule has 2 aliphatic heterocycles. The van der Waals surface area contributed by atoms with Crippen LogP contribution in [0.2, 0.25) is 0 Å². The Morgan fingerprint density at radius 2 is 1.63 bits per heavy atom. The quantitative estimate of drug-likeness (QED) is 0.157. The number of anilines is 2. The third-order valence-corrected chi connectivity index (χ3v) is 9.64. The number of nitrogens with two attached hydrogens (primary N) is 2. The first-order valence-corrected chi connectivity index (χ1v) is 17.7. The van der Waals surface area contributed by atoms with Crippen LogP contribution in [0.5, 0.6) is 11.5 Å². The Bertz CT molecular complexity index is 2160. The SMILES string of the molecule is COc1cc(-c2cnc(N)c(-c3ccc(NC(=O)c4cn(CC5(N)CCOCC5)cc(-c5ccc(F)cc5)c4=O)cc3)c2)ccc1OC[C@@H]1COCCO1. The van der Waals surface area contributed by atoms with Gasteiger partial charge in [0.15, 0.2) is 11.5 Å². The highest BCUT2D eigenvalue weighted by molar-refractivity contribution is 6.04. The lowest BCUT2D eigenvalue weighted by Crippen LogP contribution is -2.48. The van der Waals surface area contributed by atoms with E-state index in [1.54, 1.807) is 36.2 Å². The van der Waals surface area contributed by atoms with Crippen LogP contribution in [0.25, 0.3) is 33.4 Å². The van der Waals surface area contributed by atoms with E-state index in [9.17, 15) is 14.0 Å². The number of nitrogens with one attached hydrogen (secondary N) is 1. The summed E-state index contributed by atoms with van der Waals surface area (Å²) in [7, 11) is 1.58. The third kappa shape index (κ3) is 8.45. The van der Waals surface area contributed by atoms with E-state index in [4.69, 9.17) is 35.2 Å². The van der Waals surface area contributed by atoms with E-state index in [2.05, 4.69) is 10.3 Å². The number of amides is 1. The molecule has 12 nitrogen and oxygen atoms in total. The normalized spacial score (nSPS) is 16.8. The fourth-order valence-corrected chi connectivity index (χ4v) is 6.60. The number of aromatic nitrogens is 2. The van der Waals surface area contributed by atoms with Crippen LogP contribution in [0.15, 0.2) is 96.2 Å². The molecule has 0 unspecified atom stereocenters. The molecule has 2 aliphatic rings. The van der Waals surface area contributed by atoms with E-state index >= 15 is 0 Å². The van der Waals surface area contributed by atoms with Crippen LogP contribution >= 0.6 is 0 Å². The summed E-state index contributed by atoms with van der Waals surface area (Å²) in [5, 5.41) is 2.86. The number of pyridine rings is 2. The molecule has 3 aromatic carbocycles. The van der Waals surface area contributed by atoms with Gasteiger partial charge >= 0.3 is 0 Å². The maximum atomic E-state index is 13.8. The molecule has 7 rings (SSSR count). The van der Waals surface area contributed by atoms with Crippen molar-refractivity contribution in [2.45, 2.75) is 31.0 Å². The predicted octanol–water partition coefficient (Wildman–Crippen LogP) is 5.53. The summed E-state index contributed by atoms with van der Waals surface area (Å²) in [4.78, 5) is 31.9. The number of rotatable bonds is 11. The lowest BCUT2D eigenvalue weighted by Gasteiger charge is -2.34. The van der Waals surface area contributed by atoms with E-state index in [1.807, 2.05) is 36.4 Å². The number of nitrogen functional groups attached to an aromatic ring is 1. The molecule has 0 spiro atoms. The van der Waals surface area contributed by atoms with Crippen molar-refractivity contribution in [2.75, 3.05) is 57.8 Å². The Kier molecular flexibility index (Phi) is 11.0. The number of carbonyl (C=O) groups is 1. The second-order valence-corrected chi connectivity index (χ2v) is 13.5. The van der Waals surface area contributed by atoms with E-state index in [1.165, 1.54) is 30.5 Å². The van der Waals surface area contributed by atoms with Crippen LogP contribution in [-0.4, -0.2) is 73.9 Å². The van der Waals surface area contributed by atoms with Crippen LogP contribution in [0, 0.1) is 5.82 Å². The van der Waals surface area contributed by atoms with Gasteiger partial charge in [0.05, 0.1) is 26.9 Å². The Balaban J connectivity index is 1.10. The lowest BCUT2D eigenvalue weighted by molar-refractivity contribution is -0.101. The van der Waals surface area contributed by atoms with Gasteiger partial charge in [0.25, 0.3) is 5.91 Å². The minimum atomic E-state index is -0.590. The smallest absolute Gasteiger partial charge is 0.261 e. The summed E-state index contributed by atoms with van der Waals surface area (Å²) in [6.45, 7) is 3.37. The highest BCUT2D eigenvalue weighted by Gasteiger charge is 2.29. The van der Waals surface area contributed by atoms with E-state index < -0.39 is 22.7 Å². The average molecular weight is 736 g/mol. The number of hydrogen-bond donors (Lipinski definition) is 3. The molecule has 2 saturated heterocycles. The van der Waals surface area contributed by atoms with Crippen molar-refractivity contribution in [3.63, 3.8) is 0 Å². The zero-order valence-electron chi connectivity index (χ0n) is 29.9. The number of carbonyl (C=O) groups excluding carboxylic acids is 1. The fraction of sp³-hybridized carbons (Fsp3) is 0.293. The van der Waals surface area contributed by atoms with Gasteiger partial charge in [-0.3, -0.25) is 9.59 Å². The maximum Gasteiger partial charge on any atom is 0.261 e. The van der Waals surface area contributed by atoms with Crippen molar-refractivity contribution < 1.29 is 32.9 Å². The molecule has 13 heteroatoms. The van der Waals surface area contributed by atoms with Crippen molar-refractivity contribution in [2.24, 2.45) is 5.73 Å². The molecular weight excluding hydrogens is 693 g/mol. The highest BCUT2D eigenvalue weighted by atomic mass is 19.1. The van der Waals surface area contributed by atoms with Gasteiger partial charge in [0, 0.05) is 66.3 Å². The summed E-state index contributed by atoms with van der Waals surface area (Å²) in [6.07, 6.45) is 5.99. The minimum absolute atomic E-state index is 0.0686. The van der Waals surface area contributed by atoms with Crippen molar-refractivity contribution in [1.29, 1.82) is 0 Å². The first-order valence-electron chi connectivity index (χ1n) is 17.7. The Hall–Kier alpha value is -5.60. The number of methoxy groups -OCH3 is 1. The minimum Gasteiger partial charge on any atom is -0.493 e. The van der Waals surface area contributed by atoms with Gasteiger partial charge in [-0.1, -0.05) is 30.3 Å². The van der Waals surface area contributed by atoms with Gasteiger partial charge in [-0.05, 0) is 72.0 Å². The number of nitrogens with zero attached hydrogens (tertiary/aromatic N) is 2. The van der Waals surface area contributed by atoms with Crippen molar-refractivity contribution in [3.05, 3.63) is 113 Å². The van der Waals surface area contributed by atoms with Gasteiger partial charge in [0.1, 0.15) is 29.9 Å². The molecule has 2 aromatic heterocycles. The van der Waals surface area contributed by atoms with Crippen LogP contribution in [0.4, 0.5) is 15.9 Å². The van der Waals surface area contributed by atoms with Gasteiger partial charge in [-0.2, -0.15) is 0 Å². The zero-order chi connectivity index (χ0) is 37.7. The Morgan fingerprint density at radius 3 is 2.35 bits per heavy atom. The van der Waals surface area contributed by atoms with Crippen LogP contribution in [0.1, 0.15) is 23.2 Å². The standard InChI is InChI=1S/C41H42FN5O7/c1-50-37-19-28(6-11-36(37)54-24-32-23-52-16-17-53-32)29-18-33(39(43)45-20-29)26-4-9-31(10-5-26)46-40(49)35-22-47(25-41(44)12-14-51-15-13-41)21-34(38(35)48)27-2-7-30(42)8-3-27/h2-11,18-22,32H,12-17,23-25,44H2,1H3,(H2,43,45)(H,46,49)/t32-/m0/s1. The summed E-state index contributed by atoms with van der Waals surface area (Å²) in [5.74, 6) is 0.454. The van der Waals surface area contributed by atoms with Gasteiger partial charge < -0.3 is 45.0 Å². The number of halogens is 1. The van der Waals surface area contributed by atoms with Crippen molar-refractivity contribution in [1.82, 2.24) is 9.55 Å². The molecule has 0 aliphatic carbocycles. The zero-order valence-corrected chi connectivity index (χ0v) is 29.9. The summed E-state index contributed by atoms with van der Waals surface area (Å²) in [6, 6.07) is 20.3. The molecule has 54 heavy (non-hydrogen) atoms. The fourth-order valence-electron chi connectivity index (χ4n) is 6.60. The molecule has 1 amide bonds. The molecule has 0 bridgehead atoms. The topological polar surface area (TPSA) is 162 Å². The summed E-state index contributed by atoms with van der Waals surface area (Å²) < 4.78 is 43.8. The van der Waals surface area contributed by atoms with Crippen LogP contribution in [0.3, 0.4) is 0 Å². The number of benzene rings is 3. The lowest BCUT2D eigenvalue weighted by atomic mass is 9.91. The molecule has 5 N–H and O–H groups in total. The average Bonchev–Trinajstić information content (AvgIpc) is 3.19. The molecule has 0 saturated carbocycles. The third-order valence-electron chi connectivity index (χ3n) is 9.64. The van der Waals surface area contributed by atoms with Gasteiger partial charge in [0.2, 0.25) is 5.43 Å². The monoisotopic (exact) mass is 735 g/mol. The van der Waals surface area contributed by atoms with Gasteiger partial charge in [-0.25, -0.2) is 9.37 Å². The highest BCUT2D eigenvalue weighted by Crippen LogP contribution is 2.35. The largest absolute Gasteiger partial charge is 0.493 e. The molecule has 4 heterocycles. The van der Waals surface area contributed by atoms with Crippen molar-refractivity contribution in [3.8, 4) is 44.9 Å². The van der Waals surface area contributed by atoms with E-state index in [0.717, 1.165) is 16.7 Å². The predicted molar refractivity (Wildman–Crippen MR) is 203 cm³/mol. The summed E-state index contributed by atoms with van der Waals surface area (Å²) >= 11 is 0. The molecule has 5 aromatic rings. The second-order valence-electron chi connectivity index (χ2n) is 13.5. The van der Waals surface area contributed by atoms with Gasteiger partial charge in [-0.15, -0.1) is 0 Å². The maximum absolute atomic E-state index is 13.8. The first-order chi connectivity index (χ1) is 26.2. The molecule has 280 valence electrons. The molecule has 2 fully saturated rings. The number of ether oxygens (including phenoxy) is 5.